The van der Waals surface area contributed by atoms with E-state index in [1.165, 1.54) is 12.8 Å². The topological polar surface area (TPSA) is 21.6 Å². The molecule has 0 amide bonds. The van der Waals surface area contributed by atoms with Crippen molar-refractivity contribution in [3.63, 3.8) is 0 Å². The van der Waals surface area contributed by atoms with Crippen molar-refractivity contribution in [3.05, 3.63) is 0 Å². The third-order valence-corrected chi connectivity index (χ3v) is 1.29. The van der Waals surface area contributed by atoms with Crippen molar-refractivity contribution in [2.24, 2.45) is 11.1 Å². The molecule has 0 aromatic carbocycles. The number of hydrogen-bond donors (Lipinski definition) is 0. The maximum Gasteiger partial charge on any atom is 0.106 e. The van der Waals surface area contributed by atoms with Crippen molar-refractivity contribution in [2.45, 2.75) is 33.1 Å². The molecule has 0 aliphatic carbocycles. The zero-order chi connectivity index (χ0) is 7.82. The smallest absolute Gasteiger partial charge is 0.106 e. The number of unbranched alkanes of at least 4 members (excludes halogenated alkanes) is 1. The van der Waals surface area contributed by atoms with Crippen LogP contribution in [0.15, 0.2) is 5.16 Å². The predicted molar refractivity (Wildman–Crippen MR) is 44.2 cm³/mol. The highest BCUT2D eigenvalue weighted by atomic mass is 16.6. The molecule has 0 heterocycles. The molecule has 0 saturated heterocycles. The van der Waals surface area contributed by atoms with Gasteiger partial charge in [0.2, 0.25) is 0 Å². The van der Waals surface area contributed by atoms with E-state index in [1.807, 2.05) is 6.21 Å². The predicted octanol–water partition coefficient (Wildman–Crippen LogP) is 2.44. The minimum atomic E-state index is 0.802. The van der Waals surface area contributed by atoms with Crippen molar-refractivity contribution in [1.82, 2.24) is 0 Å². The fraction of sp³-hybridized carbons (Fsp3) is 0.875. The molecule has 0 aromatic heterocycles. The van der Waals surface area contributed by atoms with Gasteiger partial charge in [-0.15, -0.1) is 0 Å². The van der Waals surface area contributed by atoms with Gasteiger partial charge in [-0.2, -0.15) is 0 Å². The second-order valence-corrected chi connectivity index (χ2v) is 2.80. The molecule has 2 heteroatoms. The van der Waals surface area contributed by atoms with Crippen molar-refractivity contribution >= 4 is 6.21 Å². The van der Waals surface area contributed by atoms with Gasteiger partial charge in [-0.25, -0.2) is 0 Å². The molecule has 0 fully saturated rings. The van der Waals surface area contributed by atoms with Crippen LogP contribution in [0.3, 0.4) is 0 Å². The van der Waals surface area contributed by atoms with Crippen LogP contribution in [0.2, 0.25) is 0 Å². The van der Waals surface area contributed by atoms with Gasteiger partial charge >= 0.3 is 0 Å². The Hall–Kier alpha value is -0.530. The molecule has 0 radical (unpaired) electrons. The molecule has 0 atom stereocenters. The third kappa shape index (κ3) is 7.47. The average Bonchev–Trinajstić information content (AvgIpc) is 1.87. The largest absolute Gasteiger partial charge is 0.399 e. The molecule has 0 aliphatic heterocycles. The first kappa shape index (κ1) is 9.47. The molecule has 0 N–H and O–H groups in total. The number of hydrogen-bond acceptors (Lipinski definition) is 2. The normalized spacial score (nSPS) is 11.2. The number of rotatable bonds is 5. The molecule has 0 unspecified atom stereocenters. The molecule has 0 aromatic rings. The first-order valence-corrected chi connectivity index (χ1v) is 3.82. The summed E-state index contributed by atoms with van der Waals surface area (Å²) < 4.78 is 0. The van der Waals surface area contributed by atoms with E-state index in [2.05, 4.69) is 23.8 Å². The highest BCUT2D eigenvalue weighted by Gasteiger charge is 1.90. The van der Waals surface area contributed by atoms with Gasteiger partial charge in [0, 0.05) is 6.21 Å². The highest BCUT2D eigenvalue weighted by Crippen LogP contribution is 2.04. The maximum absolute atomic E-state index is 4.52. The molecule has 0 spiro atoms. The summed E-state index contributed by atoms with van der Waals surface area (Å²) in [5, 5.41) is 3.64. The van der Waals surface area contributed by atoms with Crippen LogP contribution in [0, 0.1) is 5.92 Å². The monoisotopic (exact) mass is 143 g/mol. The van der Waals surface area contributed by atoms with Crippen molar-refractivity contribution < 1.29 is 4.84 Å². The summed E-state index contributed by atoms with van der Waals surface area (Å²) in [7, 11) is 1.57. The lowest BCUT2D eigenvalue weighted by Gasteiger charge is -1.99. The second-order valence-electron chi connectivity index (χ2n) is 2.80. The first-order chi connectivity index (χ1) is 4.77. The van der Waals surface area contributed by atoms with Crippen LogP contribution in [-0.2, 0) is 4.84 Å². The van der Waals surface area contributed by atoms with Crippen LogP contribution in [0.25, 0.3) is 0 Å². The zero-order valence-electron chi connectivity index (χ0n) is 7.13. The molecule has 60 valence electrons. The van der Waals surface area contributed by atoms with Crippen LogP contribution < -0.4 is 0 Å². The Morgan fingerprint density at radius 2 is 2.20 bits per heavy atom. The lowest BCUT2D eigenvalue weighted by Crippen LogP contribution is -1.87. The molecule has 0 aliphatic rings. The van der Waals surface area contributed by atoms with E-state index in [9.17, 15) is 0 Å². The van der Waals surface area contributed by atoms with Crippen LogP contribution in [0.1, 0.15) is 33.1 Å². The van der Waals surface area contributed by atoms with E-state index in [4.69, 9.17) is 0 Å². The van der Waals surface area contributed by atoms with Crippen molar-refractivity contribution in [2.75, 3.05) is 7.11 Å². The van der Waals surface area contributed by atoms with Gasteiger partial charge in [0.1, 0.15) is 7.11 Å². The summed E-state index contributed by atoms with van der Waals surface area (Å²) in [6.07, 6.45) is 5.34. The lowest BCUT2D eigenvalue weighted by molar-refractivity contribution is 0.214. The fourth-order valence-corrected chi connectivity index (χ4v) is 0.745. The van der Waals surface area contributed by atoms with Gasteiger partial charge < -0.3 is 4.84 Å². The lowest BCUT2D eigenvalue weighted by atomic mass is 10.1. The second kappa shape index (κ2) is 6.59. The molecule has 0 rings (SSSR count). The maximum atomic E-state index is 4.52. The Kier molecular flexibility index (Phi) is 6.24. The zero-order valence-corrected chi connectivity index (χ0v) is 7.13. The number of oxime groups is 1. The summed E-state index contributed by atoms with van der Waals surface area (Å²) in [6, 6.07) is 0. The molecule has 2 nitrogen and oxygen atoms in total. The summed E-state index contributed by atoms with van der Waals surface area (Å²) in [5.41, 5.74) is 0. The molecule has 0 saturated carbocycles. The van der Waals surface area contributed by atoms with Gasteiger partial charge in [0.25, 0.3) is 0 Å². The van der Waals surface area contributed by atoms with Crippen LogP contribution in [-0.4, -0.2) is 13.3 Å². The minimum absolute atomic E-state index is 0.802. The van der Waals surface area contributed by atoms with E-state index in [0.29, 0.717) is 0 Å². The highest BCUT2D eigenvalue weighted by molar-refractivity contribution is 5.55. The minimum Gasteiger partial charge on any atom is -0.399 e. The van der Waals surface area contributed by atoms with Crippen molar-refractivity contribution in [1.29, 1.82) is 0 Å². The Labute approximate surface area is 63.3 Å². The summed E-state index contributed by atoms with van der Waals surface area (Å²) >= 11 is 0. The first-order valence-electron chi connectivity index (χ1n) is 3.82. The van der Waals surface area contributed by atoms with Crippen molar-refractivity contribution in [3.8, 4) is 0 Å². The standard InChI is InChI=1S/C8H17NO/c1-8(2)6-4-5-7-9-10-3/h7-8H,4-6H2,1-3H3/b9-7+. The summed E-state index contributed by atoms with van der Waals surface area (Å²) in [6.45, 7) is 4.46. The fourth-order valence-electron chi connectivity index (χ4n) is 0.745. The Bertz CT molecular complexity index is 89.3. The Morgan fingerprint density at radius 1 is 1.50 bits per heavy atom. The van der Waals surface area contributed by atoms with Crippen LogP contribution in [0.5, 0.6) is 0 Å². The van der Waals surface area contributed by atoms with Gasteiger partial charge in [0.05, 0.1) is 0 Å². The van der Waals surface area contributed by atoms with E-state index in [1.54, 1.807) is 7.11 Å². The molecule has 10 heavy (non-hydrogen) atoms. The molecule has 0 bridgehead atoms. The van der Waals surface area contributed by atoms with E-state index >= 15 is 0 Å². The summed E-state index contributed by atoms with van der Waals surface area (Å²) in [5.74, 6) is 0.802. The van der Waals surface area contributed by atoms with Crippen LogP contribution in [0.4, 0.5) is 0 Å². The van der Waals surface area contributed by atoms with E-state index in [0.717, 1.165) is 12.3 Å². The van der Waals surface area contributed by atoms with Crippen LogP contribution >= 0.6 is 0 Å². The molecular formula is C8H17NO. The Morgan fingerprint density at radius 3 is 2.70 bits per heavy atom. The van der Waals surface area contributed by atoms with E-state index in [-0.39, 0.29) is 0 Å². The van der Waals surface area contributed by atoms with Gasteiger partial charge in [-0.3, -0.25) is 0 Å². The SMILES string of the molecule is CO/N=C/CCCC(C)C. The van der Waals surface area contributed by atoms with Gasteiger partial charge in [-0.1, -0.05) is 25.4 Å². The molecular weight excluding hydrogens is 126 g/mol. The van der Waals surface area contributed by atoms with Gasteiger partial charge in [-0.05, 0) is 18.8 Å². The number of nitrogens with zero attached hydrogens (tertiary/aromatic N) is 1. The third-order valence-electron chi connectivity index (χ3n) is 1.29. The quantitative estimate of drug-likeness (QED) is 0.329. The summed E-state index contributed by atoms with van der Waals surface area (Å²) in [4.78, 5) is 4.52. The van der Waals surface area contributed by atoms with E-state index < -0.39 is 0 Å². The van der Waals surface area contributed by atoms with Gasteiger partial charge in [0.15, 0.2) is 0 Å². The average molecular weight is 143 g/mol. The Balaban J connectivity index is 2.97.